The molecule has 0 saturated carbocycles. The third-order valence-corrected chi connectivity index (χ3v) is 8.09. The molecule has 0 unspecified atom stereocenters. The number of aliphatic hydroxyl groups excluding tert-OH is 2. The molecule has 1 amide bonds. The lowest BCUT2D eigenvalue weighted by Crippen LogP contribution is -2.45. The van der Waals surface area contributed by atoms with E-state index >= 15 is 0 Å². The summed E-state index contributed by atoms with van der Waals surface area (Å²) in [5, 5.41) is 22.8. The fourth-order valence-corrected chi connectivity index (χ4v) is 5.35. The summed E-state index contributed by atoms with van der Waals surface area (Å²) in [7, 11) is 0. The van der Waals surface area contributed by atoms with Gasteiger partial charge in [0.05, 0.1) is 18.8 Å². The summed E-state index contributed by atoms with van der Waals surface area (Å²) in [6.45, 7) is 0.240. The van der Waals surface area contributed by atoms with Crippen LogP contribution in [0.25, 0.3) is 0 Å². The number of carbonyl (C=O) groups is 1. The van der Waals surface area contributed by atoms with Gasteiger partial charge in [0.1, 0.15) is 0 Å². The Morgan fingerprint density at radius 3 is 1.48 bits per heavy atom. The van der Waals surface area contributed by atoms with Crippen LogP contribution in [0, 0.1) is 0 Å². The van der Waals surface area contributed by atoms with Gasteiger partial charge < -0.3 is 15.5 Å². The van der Waals surface area contributed by atoms with Gasteiger partial charge in [-0.1, -0.05) is 180 Å². The second-order valence-corrected chi connectivity index (χ2v) is 12.0. The molecule has 3 N–H and O–H groups in total. The zero-order valence-corrected chi connectivity index (χ0v) is 26.6. The fraction of sp³-hybridized carbons (Fsp3) is 0.917. The number of carbonyl (C=O) groups excluding carboxylic acids is 1. The van der Waals surface area contributed by atoms with E-state index in [0.717, 1.165) is 51.4 Å². The second kappa shape index (κ2) is 32.6. The molecule has 0 aromatic heterocycles. The summed E-state index contributed by atoms with van der Waals surface area (Å²) in [6, 6.07) is -0.637. The van der Waals surface area contributed by atoms with Crippen molar-refractivity contribution in [2.24, 2.45) is 0 Å². The van der Waals surface area contributed by atoms with Gasteiger partial charge in [0, 0.05) is 10.5 Å². The van der Waals surface area contributed by atoms with Gasteiger partial charge in [0.2, 0.25) is 5.91 Å². The van der Waals surface area contributed by atoms with Gasteiger partial charge in [-0.25, -0.2) is 0 Å². The standard InChI is InChI=1S/C36H71NO3/c1-3-5-7-9-11-13-15-17-18-20-22-24-26-28-30-32-36(40)37-34(33-38)35(39)31-29-27-25-23-21-19-16-14-12-10-8-6-4-2/h29,31,34-35,38-39H,3-28,30,32-33H2,1-2H3,(H,37,40)/b31-29+/t34-,35+/m0/s1/i1D3. The van der Waals surface area contributed by atoms with Crippen molar-refractivity contribution < 1.29 is 19.1 Å². The highest BCUT2D eigenvalue weighted by molar-refractivity contribution is 5.76. The molecule has 2 atom stereocenters. The van der Waals surface area contributed by atoms with Crippen molar-refractivity contribution in [2.75, 3.05) is 6.61 Å². The molecule has 0 radical (unpaired) electrons. The molecular formula is C36H71NO3. The molecule has 0 aliphatic heterocycles. The number of hydrogen-bond donors (Lipinski definition) is 3. The summed E-state index contributed by atoms with van der Waals surface area (Å²) in [4.78, 5) is 12.3. The molecule has 0 bridgehead atoms. The summed E-state index contributed by atoms with van der Waals surface area (Å²) < 4.78 is 21.7. The molecule has 0 aliphatic rings. The van der Waals surface area contributed by atoms with Crippen LogP contribution in [0.5, 0.6) is 0 Å². The van der Waals surface area contributed by atoms with Crippen LogP contribution in [0.2, 0.25) is 0 Å². The number of nitrogens with one attached hydrogen (secondary N) is 1. The Balaban J connectivity index is 3.58. The molecular weight excluding hydrogens is 494 g/mol. The van der Waals surface area contributed by atoms with Crippen molar-refractivity contribution in [3.8, 4) is 0 Å². The lowest BCUT2D eigenvalue weighted by Gasteiger charge is -2.20. The Morgan fingerprint density at radius 2 is 1.05 bits per heavy atom. The minimum Gasteiger partial charge on any atom is -0.394 e. The van der Waals surface area contributed by atoms with Crippen LogP contribution in [0.4, 0.5) is 0 Å². The molecule has 0 aromatic carbocycles. The molecule has 4 heteroatoms. The Bertz CT molecular complexity index is 627. The summed E-state index contributed by atoms with van der Waals surface area (Å²) in [5.41, 5.74) is 0. The first-order valence-corrected chi connectivity index (χ1v) is 17.5. The van der Waals surface area contributed by atoms with E-state index in [1.165, 1.54) is 116 Å². The second-order valence-electron chi connectivity index (χ2n) is 12.0. The first-order valence-electron chi connectivity index (χ1n) is 19.0. The summed E-state index contributed by atoms with van der Waals surface area (Å²) >= 11 is 0. The van der Waals surface area contributed by atoms with Gasteiger partial charge >= 0.3 is 0 Å². The quantitative estimate of drug-likeness (QED) is 0.0558. The van der Waals surface area contributed by atoms with Crippen LogP contribution in [-0.4, -0.2) is 34.9 Å². The fourth-order valence-electron chi connectivity index (χ4n) is 5.35. The van der Waals surface area contributed by atoms with Gasteiger partial charge in [-0.05, 0) is 19.3 Å². The molecule has 0 heterocycles. The van der Waals surface area contributed by atoms with Crippen molar-refractivity contribution >= 4 is 5.91 Å². The van der Waals surface area contributed by atoms with Crippen LogP contribution in [0.1, 0.15) is 198 Å². The molecule has 0 aliphatic carbocycles. The van der Waals surface area contributed by atoms with E-state index in [-0.39, 0.29) is 12.5 Å². The lowest BCUT2D eigenvalue weighted by molar-refractivity contribution is -0.123. The minimum atomic E-state index is -1.76. The number of hydrogen-bond acceptors (Lipinski definition) is 3. The number of amides is 1. The molecule has 40 heavy (non-hydrogen) atoms. The highest BCUT2D eigenvalue weighted by atomic mass is 16.3. The first kappa shape index (κ1) is 33.6. The van der Waals surface area contributed by atoms with Crippen LogP contribution < -0.4 is 5.32 Å². The average Bonchev–Trinajstić information content (AvgIpc) is 2.97. The molecule has 0 saturated heterocycles. The molecule has 4 nitrogen and oxygen atoms in total. The maximum atomic E-state index is 12.3. The third-order valence-electron chi connectivity index (χ3n) is 8.09. The monoisotopic (exact) mass is 569 g/mol. The van der Waals surface area contributed by atoms with Gasteiger partial charge in [0.25, 0.3) is 0 Å². The topological polar surface area (TPSA) is 69.6 Å². The zero-order chi connectivity index (χ0) is 31.9. The van der Waals surface area contributed by atoms with Crippen molar-refractivity contribution in [3.63, 3.8) is 0 Å². The Morgan fingerprint density at radius 1 is 0.650 bits per heavy atom. The predicted octanol–water partition coefficient (Wildman–Crippen LogP) is 10.3. The van der Waals surface area contributed by atoms with E-state index < -0.39 is 19.0 Å². The summed E-state index contributed by atoms with van der Waals surface area (Å²) in [6.07, 6.45) is 35.3. The zero-order valence-electron chi connectivity index (χ0n) is 29.6. The minimum absolute atomic E-state index is 0.0888. The van der Waals surface area contributed by atoms with E-state index in [4.69, 9.17) is 4.11 Å². The van der Waals surface area contributed by atoms with Gasteiger partial charge in [0.15, 0.2) is 0 Å². The highest BCUT2D eigenvalue weighted by Crippen LogP contribution is 2.14. The van der Waals surface area contributed by atoms with Gasteiger partial charge in [-0.15, -0.1) is 0 Å². The smallest absolute Gasteiger partial charge is 0.220 e. The Labute approximate surface area is 254 Å². The number of allylic oxidation sites excluding steroid dienone is 1. The maximum absolute atomic E-state index is 12.3. The molecule has 0 fully saturated rings. The van der Waals surface area contributed by atoms with Crippen LogP contribution in [-0.2, 0) is 4.79 Å². The molecule has 0 spiro atoms. The molecule has 238 valence electrons. The maximum Gasteiger partial charge on any atom is 0.220 e. The molecule has 0 rings (SSSR count). The average molecular weight is 569 g/mol. The SMILES string of the molecule is [2H]C([2H])([2H])CCCCCCCCCCCCCCCCC(=O)N[C@@H](CO)[C@H](O)/C=C/CCCCCCCCCCCCC. The largest absolute Gasteiger partial charge is 0.394 e. The van der Waals surface area contributed by atoms with Gasteiger partial charge in [-0.2, -0.15) is 0 Å². The number of unbranched alkanes of at least 4 members (excludes halogenated alkanes) is 24. The third kappa shape index (κ3) is 28.7. The highest BCUT2D eigenvalue weighted by Gasteiger charge is 2.17. The normalized spacial score (nSPS) is 14.6. The van der Waals surface area contributed by atoms with E-state index in [1.807, 2.05) is 6.08 Å². The summed E-state index contributed by atoms with van der Waals surface area (Å²) in [5.74, 6) is -0.0888. The van der Waals surface area contributed by atoms with E-state index in [9.17, 15) is 15.0 Å². The number of aliphatic hydroxyl groups is 2. The first-order chi connectivity index (χ1) is 20.8. The van der Waals surface area contributed by atoms with Crippen molar-refractivity contribution in [1.29, 1.82) is 0 Å². The lowest BCUT2D eigenvalue weighted by atomic mass is 10.0. The van der Waals surface area contributed by atoms with Crippen molar-refractivity contribution in [2.45, 2.75) is 206 Å². The van der Waals surface area contributed by atoms with Gasteiger partial charge in [-0.3, -0.25) is 4.79 Å². The predicted molar refractivity (Wildman–Crippen MR) is 175 cm³/mol. The van der Waals surface area contributed by atoms with E-state index in [0.29, 0.717) is 12.8 Å². The Kier molecular flexibility index (Phi) is 27.4. The van der Waals surface area contributed by atoms with Crippen molar-refractivity contribution in [3.05, 3.63) is 12.2 Å². The van der Waals surface area contributed by atoms with E-state index in [1.54, 1.807) is 6.08 Å². The van der Waals surface area contributed by atoms with Crippen LogP contribution in [0.15, 0.2) is 12.2 Å². The molecule has 0 aromatic rings. The van der Waals surface area contributed by atoms with Crippen LogP contribution >= 0.6 is 0 Å². The van der Waals surface area contributed by atoms with Crippen molar-refractivity contribution in [1.82, 2.24) is 5.32 Å². The van der Waals surface area contributed by atoms with Crippen LogP contribution in [0.3, 0.4) is 0 Å². The Hall–Kier alpha value is -0.870. The number of rotatable bonds is 32. The van der Waals surface area contributed by atoms with E-state index in [2.05, 4.69) is 12.2 Å².